The van der Waals surface area contributed by atoms with Gasteiger partial charge in [0.15, 0.2) is 5.11 Å². The Morgan fingerprint density at radius 2 is 1.87 bits per heavy atom. The molecule has 0 heterocycles. The fraction of sp³-hybridized carbons (Fsp3) is 0.417. The summed E-state index contributed by atoms with van der Waals surface area (Å²) in [6, 6.07) is 8.18. The number of aryl methyl sites for hydroxylation is 1. The van der Waals surface area contributed by atoms with Gasteiger partial charge in [0, 0.05) is 12.2 Å². The molecule has 0 radical (unpaired) electrons. The maximum Gasteiger partial charge on any atom is 0.170 e. The molecule has 0 fully saturated rings. The lowest BCUT2D eigenvalue weighted by Crippen LogP contribution is -2.31. The average Bonchev–Trinajstić information content (AvgIpc) is 2.19. The zero-order chi connectivity index (χ0) is 11.3. The van der Waals surface area contributed by atoms with Crippen LogP contribution in [0.5, 0.6) is 0 Å². The highest BCUT2D eigenvalue weighted by molar-refractivity contribution is 7.80. The van der Waals surface area contributed by atoms with Crippen molar-refractivity contribution in [2.24, 2.45) is 5.92 Å². The molecule has 0 unspecified atom stereocenters. The van der Waals surface area contributed by atoms with Gasteiger partial charge >= 0.3 is 0 Å². The molecule has 0 amide bonds. The van der Waals surface area contributed by atoms with E-state index in [9.17, 15) is 0 Å². The van der Waals surface area contributed by atoms with Crippen LogP contribution in [0.25, 0.3) is 0 Å². The van der Waals surface area contributed by atoms with E-state index >= 15 is 0 Å². The van der Waals surface area contributed by atoms with Gasteiger partial charge in [-0.1, -0.05) is 31.5 Å². The molecule has 0 aliphatic heterocycles. The largest absolute Gasteiger partial charge is 0.362 e. The molecule has 0 aliphatic rings. The third-order valence-corrected chi connectivity index (χ3v) is 2.23. The minimum atomic E-state index is 0.600. The fourth-order valence-electron chi connectivity index (χ4n) is 1.11. The second-order valence-corrected chi connectivity index (χ2v) is 4.50. The summed E-state index contributed by atoms with van der Waals surface area (Å²) in [5.74, 6) is 0.600. The summed E-state index contributed by atoms with van der Waals surface area (Å²) in [6.45, 7) is 7.28. The monoisotopic (exact) mass is 222 g/mol. The lowest BCUT2D eigenvalue weighted by molar-refractivity contribution is 0.627. The molecule has 2 N–H and O–H groups in total. The Bertz CT molecular complexity index is 317. The lowest BCUT2D eigenvalue weighted by atomic mass is 10.2. The van der Waals surface area contributed by atoms with Crippen molar-refractivity contribution in [1.29, 1.82) is 0 Å². The number of hydrogen-bond acceptors (Lipinski definition) is 1. The second-order valence-electron chi connectivity index (χ2n) is 4.09. The lowest BCUT2D eigenvalue weighted by Gasteiger charge is -2.12. The van der Waals surface area contributed by atoms with Gasteiger partial charge in [-0.25, -0.2) is 0 Å². The SMILES string of the molecule is Cc1ccc(NC(=S)NCC(C)C)cc1. The molecule has 82 valence electrons. The van der Waals surface area contributed by atoms with Crippen LogP contribution in [0, 0.1) is 12.8 Å². The first-order valence-corrected chi connectivity index (χ1v) is 5.60. The third kappa shape index (κ3) is 4.79. The van der Waals surface area contributed by atoms with Gasteiger partial charge in [0.2, 0.25) is 0 Å². The van der Waals surface area contributed by atoms with E-state index in [2.05, 4.69) is 43.5 Å². The summed E-state index contributed by atoms with van der Waals surface area (Å²) in [7, 11) is 0. The molecule has 0 aromatic heterocycles. The maximum atomic E-state index is 5.17. The van der Waals surface area contributed by atoms with Crippen molar-refractivity contribution in [1.82, 2.24) is 5.32 Å². The van der Waals surface area contributed by atoms with E-state index in [0.29, 0.717) is 11.0 Å². The molecular weight excluding hydrogens is 204 g/mol. The Morgan fingerprint density at radius 3 is 2.40 bits per heavy atom. The minimum Gasteiger partial charge on any atom is -0.362 e. The number of rotatable bonds is 3. The van der Waals surface area contributed by atoms with Gasteiger partial charge in [0.25, 0.3) is 0 Å². The Hall–Kier alpha value is -1.09. The van der Waals surface area contributed by atoms with Crippen molar-refractivity contribution in [2.45, 2.75) is 20.8 Å². The van der Waals surface area contributed by atoms with Crippen molar-refractivity contribution >= 4 is 23.0 Å². The fourth-order valence-corrected chi connectivity index (χ4v) is 1.31. The van der Waals surface area contributed by atoms with Gasteiger partial charge in [-0.05, 0) is 37.2 Å². The molecule has 0 bridgehead atoms. The molecule has 3 heteroatoms. The van der Waals surface area contributed by atoms with Crippen LogP contribution in [0.2, 0.25) is 0 Å². The van der Waals surface area contributed by atoms with Crippen LogP contribution < -0.4 is 10.6 Å². The second kappa shape index (κ2) is 5.71. The molecule has 0 saturated carbocycles. The highest BCUT2D eigenvalue weighted by Gasteiger charge is 1.98. The highest BCUT2D eigenvalue weighted by atomic mass is 32.1. The first-order valence-electron chi connectivity index (χ1n) is 5.19. The molecule has 0 aliphatic carbocycles. The summed E-state index contributed by atoms with van der Waals surface area (Å²) >= 11 is 5.17. The van der Waals surface area contributed by atoms with E-state index in [1.165, 1.54) is 5.56 Å². The number of thiocarbonyl (C=S) groups is 1. The number of hydrogen-bond donors (Lipinski definition) is 2. The topological polar surface area (TPSA) is 24.1 Å². The van der Waals surface area contributed by atoms with Crippen LogP contribution >= 0.6 is 12.2 Å². The maximum absolute atomic E-state index is 5.17. The van der Waals surface area contributed by atoms with Crippen molar-refractivity contribution in [3.05, 3.63) is 29.8 Å². The molecule has 0 spiro atoms. The van der Waals surface area contributed by atoms with Gasteiger partial charge in [0.05, 0.1) is 0 Å². The standard InChI is InChI=1S/C12H18N2S/c1-9(2)8-13-12(15)14-11-6-4-10(3)5-7-11/h4-7,9H,8H2,1-3H3,(H2,13,14,15). The molecular formula is C12H18N2S. The third-order valence-electron chi connectivity index (χ3n) is 1.98. The van der Waals surface area contributed by atoms with Crippen molar-refractivity contribution < 1.29 is 0 Å². The number of benzene rings is 1. The predicted molar refractivity (Wildman–Crippen MR) is 70.2 cm³/mol. The highest BCUT2D eigenvalue weighted by Crippen LogP contribution is 2.08. The van der Waals surface area contributed by atoms with Crippen LogP contribution in [0.15, 0.2) is 24.3 Å². The first-order chi connectivity index (χ1) is 7.08. The number of nitrogens with one attached hydrogen (secondary N) is 2. The summed E-state index contributed by atoms with van der Waals surface area (Å²) in [4.78, 5) is 0. The molecule has 1 aromatic carbocycles. The Morgan fingerprint density at radius 1 is 1.27 bits per heavy atom. The van der Waals surface area contributed by atoms with Gasteiger partial charge in [-0.3, -0.25) is 0 Å². The van der Waals surface area contributed by atoms with Crippen molar-refractivity contribution in [3.8, 4) is 0 Å². The zero-order valence-electron chi connectivity index (χ0n) is 9.50. The quantitative estimate of drug-likeness (QED) is 0.769. The van der Waals surface area contributed by atoms with Crippen molar-refractivity contribution in [2.75, 3.05) is 11.9 Å². The van der Waals surface area contributed by atoms with E-state index in [0.717, 1.165) is 12.2 Å². The predicted octanol–water partition coefficient (Wildman–Crippen LogP) is 2.94. The molecule has 1 aromatic rings. The summed E-state index contributed by atoms with van der Waals surface area (Å²) in [6.07, 6.45) is 0. The van der Waals surface area contributed by atoms with Gasteiger partial charge in [-0.15, -0.1) is 0 Å². The minimum absolute atomic E-state index is 0.600. The van der Waals surface area contributed by atoms with Gasteiger partial charge in [-0.2, -0.15) is 0 Å². The first kappa shape index (κ1) is 12.0. The Balaban J connectivity index is 2.41. The Kier molecular flexibility index (Phi) is 4.56. The van der Waals surface area contributed by atoms with Crippen LogP contribution in [0.4, 0.5) is 5.69 Å². The van der Waals surface area contributed by atoms with Crippen LogP contribution in [0.3, 0.4) is 0 Å². The van der Waals surface area contributed by atoms with Crippen LogP contribution in [0.1, 0.15) is 19.4 Å². The molecule has 0 saturated heterocycles. The van der Waals surface area contributed by atoms with E-state index in [1.54, 1.807) is 0 Å². The van der Waals surface area contributed by atoms with Crippen molar-refractivity contribution in [3.63, 3.8) is 0 Å². The van der Waals surface area contributed by atoms with E-state index in [4.69, 9.17) is 12.2 Å². The number of anilines is 1. The van der Waals surface area contributed by atoms with Crippen LogP contribution in [-0.4, -0.2) is 11.7 Å². The van der Waals surface area contributed by atoms with Gasteiger partial charge < -0.3 is 10.6 Å². The molecule has 2 nitrogen and oxygen atoms in total. The van der Waals surface area contributed by atoms with Gasteiger partial charge in [0.1, 0.15) is 0 Å². The summed E-state index contributed by atoms with van der Waals surface area (Å²) in [5, 5.41) is 7.00. The van der Waals surface area contributed by atoms with E-state index in [1.807, 2.05) is 12.1 Å². The smallest absolute Gasteiger partial charge is 0.170 e. The van der Waals surface area contributed by atoms with E-state index in [-0.39, 0.29) is 0 Å². The summed E-state index contributed by atoms with van der Waals surface area (Å²) < 4.78 is 0. The zero-order valence-corrected chi connectivity index (χ0v) is 10.3. The summed E-state index contributed by atoms with van der Waals surface area (Å²) in [5.41, 5.74) is 2.28. The Labute approximate surface area is 97.1 Å². The van der Waals surface area contributed by atoms with E-state index < -0.39 is 0 Å². The molecule has 0 atom stereocenters. The molecule has 1 rings (SSSR count). The normalized spacial score (nSPS) is 10.1. The molecule has 15 heavy (non-hydrogen) atoms. The van der Waals surface area contributed by atoms with Crippen LogP contribution in [-0.2, 0) is 0 Å². The average molecular weight is 222 g/mol.